The van der Waals surface area contributed by atoms with E-state index in [2.05, 4.69) is 82.9 Å². The molecule has 0 heterocycles. The van der Waals surface area contributed by atoms with Gasteiger partial charge in [0.15, 0.2) is 5.11 Å². The molecular weight excluding hydrogens is 426 g/mol. The third-order valence-corrected chi connectivity index (χ3v) is 5.37. The minimum Gasteiger partial charge on any atom is -0.489 e. The van der Waals surface area contributed by atoms with Crippen LogP contribution in [0.4, 0.5) is 0 Å². The van der Waals surface area contributed by atoms with Crippen molar-refractivity contribution in [3.63, 3.8) is 0 Å². The first-order chi connectivity index (χ1) is 16.3. The minimum absolute atomic E-state index is 0.551. The number of nitrogens with one attached hydrogen (secondary N) is 3. The molecule has 0 aliphatic carbocycles. The van der Waals surface area contributed by atoms with E-state index in [0.717, 1.165) is 16.9 Å². The van der Waals surface area contributed by atoms with E-state index in [1.165, 1.54) is 16.7 Å². The lowest BCUT2D eigenvalue weighted by Crippen LogP contribution is -2.43. The second-order valence-corrected chi connectivity index (χ2v) is 8.06. The molecule has 0 atom stereocenters. The Labute approximate surface area is 200 Å². The van der Waals surface area contributed by atoms with Gasteiger partial charge in [0.05, 0.1) is 0 Å². The average Bonchev–Trinajstić information content (AvgIpc) is 2.88. The summed E-state index contributed by atoms with van der Waals surface area (Å²) in [5.41, 5.74) is 12.0. The van der Waals surface area contributed by atoms with Crippen molar-refractivity contribution in [2.24, 2.45) is 0 Å². The number of hydrazine groups is 1. The zero-order valence-corrected chi connectivity index (χ0v) is 19.1. The Morgan fingerprint density at radius 1 is 0.636 bits per heavy atom. The Morgan fingerprint density at radius 2 is 1.27 bits per heavy atom. The topological polar surface area (TPSA) is 45.3 Å². The molecule has 4 aromatic carbocycles. The molecule has 33 heavy (non-hydrogen) atoms. The molecule has 166 valence electrons. The summed E-state index contributed by atoms with van der Waals surface area (Å²) < 4.78 is 5.90. The first-order valence-corrected chi connectivity index (χ1v) is 11.3. The smallest absolute Gasteiger partial charge is 0.181 e. The summed E-state index contributed by atoms with van der Waals surface area (Å²) in [7, 11) is 0. The van der Waals surface area contributed by atoms with Crippen LogP contribution in [-0.2, 0) is 19.7 Å². The molecule has 4 nitrogen and oxygen atoms in total. The summed E-state index contributed by atoms with van der Waals surface area (Å²) in [5, 5.41) is 3.80. The Bertz CT molecular complexity index is 1170. The zero-order chi connectivity index (χ0) is 22.7. The predicted molar refractivity (Wildman–Crippen MR) is 139 cm³/mol. The van der Waals surface area contributed by atoms with E-state index in [1.807, 2.05) is 42.5 Å². The first kappa shape index (κ1) is 22.5. The highest BCUT2D eigenvalue weighted by atomic mass is 32.1. The molecule has 0 aliphatic heterocycles. The van der Waals surface area contributed by atoms with Gasteiger partial charge >= 0.3 is 0 Å². The highest BCUT2D eigenvalue weighted by molar-refractivity contribution is 7.80. The fourth-order valence-corrected chi connectivity index (χ4v) is 3.58. The molecular formula is C28H27N3OS. The Morgan fingerprint density at radius 3 is 2.06 bits per heavy atom. The number of hydrogen-bond acceptors (Lipinski definition) is 3. The van der Waals surface area contributed by atoms with Crippen LogP contribution in [0.15, 0.2) is 109 Å². The van der Waals surface area contributed by atoms with Gasteiger partial charge in [0.2, 0.25) is 0 Å². The molecule has 0 aliphatic rings. The normalized spacial score (nSPS) is 10.4. The van der Waals surface area contributed by atoms with Crippen LogP contribution in [0.1, 0.15) is 16.7 Å². The van der Waals surface area contributed by atoms with Crippen molar-refractivity contribution in [3.05, 3.63) is 126 Å². The molecule has 0 amide bonds. The van der Waals surface area contributed by atoms with E-state index in [4.69, 9.17) is 17.0 Å². The Kier molecular flexibility index (Phi) is 8.06. The lowest BCUT2D eigenvalue weighted by atomic mass is 10.0. The monoisotopic (exact) mass is 453 g/mol. The molecule has 0 saturated heterocycles. The number of rotatable bonds is 9. The fourth-order valence-electron chi connectivity index (χ4n) is 3.43. The van der Waals surface area contributed by atoms with E-state index in [1.54, 1.807) is 0 Å². The van der Waals surface area contributed by atoms with Crippen LogP contribution < -0.4 is 20.9 Å². The SMILES string of the molecule is S=C(NCc1cccc(-c2ccccc2)c1)NNCc1cccc(OCc2ccccc2)c1. The van der Waals surface area contributed by atoms with Crippen molar-refractivity contribution in [1.82, 2.24) is 16.2 Å². The molecule has 0 radical (unpaired) electrons. The number of ether oxygens (including phenoxy) is 1. The quantitative estimate of drug-likeness (QED) is 0.227. The Balaban J connectivity index is 1.21. The third-order valence-electron chi connectivity index (χ3n) is 5.13. The van der Waals surface area contributed by atoms with Crippen LogP contribution in [-0.4, -0.2) is 5.11 Å². The van der Waals surface area contributed by atoms with Crippen LogP contribution in [0.2, 0.25) is 0 Å². The van der Waals surface area contributed by atoms with Gasteiger partial charge in [-0.05, 0) is 58.2 Å². The van der Waals surface area contributed by atoms with E-state index >= 15 is 0 Å². The van der Waals surface area contributed by atoms with Crippen molar-refractivity contribution in [3.8, 4) is 16.9 Å². The Hall–Kier alpha value is -3.67. The van der Waals surface area contributed by atoms with E-state index in [0.29, 0.717) is 24.8 Å². The van der Waals surface area contributed by atoms with Gasteiger partial charge in [0.1, 0.15) is 12.4 Å². The molecule has 0 fully saturated rings. The first-order valence-electron chi connectivity index (χ1n) is 10.9. The summed E-state index contributed by atoms with van der Waals surface area (Å²) in [6.07, 6.45) is 0. The van der Waals surface area contributed by atoms with Crippen molar-refractivity contribution in [2.45, 2.75) is 19.7 Å². The molecule has 0 aromatic heterocycles. The molecule has 5 heteroatoms. The molecule has 0 unspecified atom stereocenters. The number of hydrogen-bond donors (Lipinski definition) is 3. The van der Waals surface area contributed by atoms with Crippen LogP contribution in [0.5, 0.6) is 5.75 Å². The van der Waals surface area contributed by atoms with Crippen LogP contribution >= 0.6 is 12.2 Å². The summed E-state index contributed by atoms with van der Waals surface area (Å²) in [5.74, 6) is 0.845. The van der Waals surface area contributed by atoms with Gasteiger partial charge in [-0.3, -0.25) is 5.43 Å². The predicted octanol–water partition coefficient (Wildman–Crippen LogP) is 5.60. The van der Waals surface area contributed by atoms with Crippen LogP contribution in [0.25, 0.3) is 11.1 Å². The van der Waals surface area contributed by atoms with E-state index < -0.39 is 0 Å². The molecule has 4 rings (SSSR count). The third kappa shape index (κ3) is 7.17. The zero-order valence-electron chi connectivity index (χ0n) is 18.3. The maximum atomic E-state index is 5.90. The number of thiocarbonyl (C=S) groups is 1. The molecule has 0 spiro atoms. The highest BCUT2D eigenvalue weighted by Crippen LogP contribution is 2.20. The summed E-state index contributed by atoms with van der Waals surface area (Å²) >= 11 is 5.41. The van der Waals surface area contributed by atoms with Crippen molar-refractivity contribution >= 4 is 17.3 Å². The highest BCUT2D eigenvalue weighted by Gasteiger charge is 2.02. The second-order valence-electron chi connectivity index (χ2n) is 7.65. The van der Waals surface area contributed by atoms with Crippen molar-refractivity contribution in [1.29, 1.82) is 0 Å². The molecule has 3 N–H and O–H groups in total. The van der Waals surface area contributed by atoms with Gasteiger partial charge in [-0.1, -0.05) is 91.0 Å². The molecule has 0 saturated carbocycles. The summed E-state index contributed by atoms with van der Waals surface area (Å²) in [6, 6.07) is 37.0. The van der Waals surface area contributed by atoms with Gasteiger partial charge in [-0.2, -0.15) is 0 Å². The van der Waals surface area contributed by atoms with Crippen LogP contribution in [0.3, 0.4) is 0 Å². The van der Waals surface area contributed by atoms with E-state index in [-0.39, 0.29) is 0 Å². The minimum atomic E-state index is 0.551. The molecule has 0 bridgehead atoms. The fraction of sp³-hybridized carbons (Fsp3) is 0.107. The number of benzene rings is 4. The van der Waals surface area contributed by atoms with Gasteiger partial charge < -0.3 is 10.1 Å². The maximum absolute atomic E-state index is 5.90. The second kappa shape index (κ2) is 11.8. The molecule has 4 aromatic rings. The largest absolute Gasteiger partial charge is 0.489 e. The van der Waals surface area contributed by atoms with Crippen LogP contribution in [0, 0.1) is 0 Å². The van der Waals surface area contributed by atoms with E-state index in [9.17, 15) is 0 Å². The van der Waals surface area contributed by atoms with Crippen molar-refractivity contribution in [2.75, 3.05) is 0 Å². The summed E-state index contributed by atoms with van der Waals surface area (Å²) in [4.78, 5) is 0. The average molecular weight is 454 g/mol. The lowest BCUT2D eigenvalue weighted by molar-refractivity contribution is 0.306. The lowest BCUT2D eigenvalue weighted by Gasteiger charge is -2.13. The van der Waals surface area contributed by atoms with Gasteiger partial charge in [0, 0.05) is 13.1 Å². The standard InChI is InChI=1S/C28H27N3OS/c33-28(29-19-23-11-7-15-26(17-23)25-13-5-2-6-14-25)31-30-20-24-12-8-16-27(18-24)32-21-22-9-3-1-4-10-22/h1-18,30H,19-21H2,(H2,29,31,33). The van der Waals surface area contributed by atoms with Gasteiger partial charge in [0.25, 0.3) is 0 Å². The maximum Gasteiger partial charge on any atom is 0.181 e. The van der Waals surface area contributed by atoms with Gasteiger partial charge in [-0.25, -0.2) is 5.43 Å². The van der Waals surface area contributed by atoms with Gasteiger partial charge in [-0.15, -0.1) is 0 Å². The summed E-state index contributed by atoms with van der Waals surface area (Å²) in [6.45, 7) is 1.82. The van der Waals surface area contributed by atoms with Crippen molar-refractivity contribution < 1.29 is 4.74 Å².